The molecule has 0 saturated heterocycles. The van der Waals surface area contributed by atoms with Crippen LogP contribution in [0.4, 0.5) is 0 Å². The molecule has 0 atom stereocenters. The number of hydrogen-bond donors (Lipinski definition) is 1. The van der Waals surface area contributed by atoms with Gasteiger partial charge < -0.3 is 14.5 Å². The highest BCUT2D eigenvalue weighted by Gasteiger charge is 2.12. The summed E-state index contributed by atoms with van der Waals surface area (Å²) in [6, 6.07) is 9.66. The quantitative estimate of drug-likeness (QED) is 0.580. The van der Waals surface area contributed by atoms with E-state index in [9.17, 15) is 0 Å². The first-order valence-corrected chi connectivity index (χ1v) is 9.17. The fourth-order valence-corrected chi connectivity index (χ4v) is 3.04. The number of fused-ring (bicyclic) bond motifs is 1. The van der Waals surface area contributed by atoms with E-state index in [0.717, 1.165) is 46.3 Å². The molecule has 134 valence electrons. The Balaban J connectivity index is 0.00000225. The van der Waals surface area contributed by atoms with Crippen LogP contribution >= 0.6 is 24.2 Å². The Hall–Kier alpha value is -1.92. The predicted molar refractivity (Wildman–Crippen MR) is 106 cm³/mol. The summed E-state index contributed by atoms with van der Waals surface area (Å²) >= 11 is 1.93. The van der Waals surface area contributed by atoms with Crippen molar-refractivity contribution >= 4 is 35.3 Å². The second-order valence-corrected chi connectivity index (χ2v) is 6.61. The van der Waals surface area contributed by atoms with Gasteiger partial charge in [0, 0.05) is 12.3 Å². The zero-order chi connectivity index (χ0) is 16.8. The number of methoxy groups -OCH3 is 1. The highest BCUT2D eigenvalue weighted by molar-refractivity contribution is 7.99. The molecule has 1 aromatic carbocycles. The Morgan fingerprint density at radius 1 is 1.24 bits per heavy atom. The molecule has 7 heteroatoms. The molecule has 25 heavy (non-hydrogen) atoms. The number of pyridine rings is 1. The third kappa shape index (κ3) is 4.80. The number of imidazole rings is 1. The minimum Gasteiger partial charge on any atom is -0.496 e. The number of aromatic nitrogens is 3. The van der Waals surface area contributed by atoms with Gasteiger partial charge in [-0.1, -0.05) is 6.92 Å². The summed E-state index contributed by atoms with van der Waals surface area (Å²) in [6.07, 6.45) is 2.77. The summed E-state index contributed by atoms with van der Waals surface area (Å²) in [6.45, 7) is 2.88. The molecule has 0 saturated carbocycles. The van der Waals surface area contributed by atoms with Gasteiger partial charge in [0.05, 0.1) is 24.8 Å². The molecule has 0 spiro atoms. The third-order valence-electron chi connectivity index (χ3n) is 3.59. The molecule has 0 fully saturated rings. The van der Waals surface area contributed by atoms with Crippen molar-refractivity contribution in [2.45, 2.75) is 13.3 Å². The number of benzene rings is 1. The maximum Gasteiger partial charge on any atom is 0.178 e. The van der Waals surface area contributed by atoms with Gasteiger partial charge in [-0.25, -0.2) is 9.97 Å². The average Bonchev–Trinajstić information content (AvgIpc) is 3.05. The van der Waals surface area contributed by atoms with Crippen molar-refractivity contribution in [1.29, 1.82) is 0 Å². The summed E-state index contributed by atoms with van der Waals surface area (Å²) in [5.74, 6) is 4.55. The Bertz CT molecular complexity index is 777. The lowest BCUT2D eigenvalue weighted by Crippen LogP contribution is -1.99. The van der Waals surface area contributed by atoms with Crippen LogP contribution in [-0.4, -0.2) is 40.2 Å². The van der Waals surface area contributed by atoms with E-state index in [2.05, 4.69) is 21.9 Å². The number of thioether (sulfide) groups is 1. The van der Waals surface area contributed by atoms with E-state index in [1.165, 1.54) is 0 Å². The lowest BCUT2D eigenvalue weighted by Gasteiger charge is -2.10. The maximum absolute atomic E-state index is 5.81. The van der Waals surface area contributed by atoms with Gasteiger partial charge in [0.1, 0.15) is 17.3 Å². The minimum absolute atomic E-state index is 0. The third-order valence-corrected chi connectivity index (χ3v) is 4.58. The Morgan fingerprint density at radius 3 is 2.88 bits per heavy atom. The van der Waals surface area contributed by atoms with Gasteiger partial charge in [0.2, 0.25) is 0 Å². The Labute approximate surface area is 158 Å². The van der Waals surface area contributed by atoms with Gasteiger partial charge in [-0.05, 0) is 42.2 Å². The summed E-state index contributed by atoms with van der Waals surface area (Å²) in [4.78, 5) is 12.1. The predicted octanol–water partition coefficient (Wildman–Crippen LogP) is 4.58. The number of nitrogens with one attached hydrogen (secondary N) is 1. The summed E-state index contributed by atoms with van der Waals surface area (Å²) in [5, 5.41) is 0. The first kappa shape index (κ1) is 19.4. The van der Waals surface area contributed by atoms with Gasteiger partial charge in [-0.2, -0.15) is 11.8 Å². The molecule has 5 nitrogen and oxygen atoms in total. The van der Waals surface area contributed by atoms with Crippen molar-refractivity contribution in [3.8, 4) is 22.9 Å². The summed E-state index contributed by atoms with van der Waals surface area (Å²) in [5.41, 5.74) is 2.50. The fraction of sp³-hybridized carbons (Fsp3) is 0.333. The van der Waals surface area contributed by atoms with Crippen molar-refractivity contribution < 1.29 is 9.47 Å². The highest BCUT2D eigenvalue weighted by atomic mass is 35.5. The molecule has 0 aliphatic carbocycles. The molecule has 3 rings (SSSR count). The first-order valence-electron chi connectivity index (χ1n) is 8.01. The lowest BCUT2D eigenvalue weighted by atomic mass is 10.2. The zero-order valence-corrected chi connectivity index (χ0v) is 16.0. The molecular weight excluding hydrogens is 358 g/mol. The van der Waals surface area contributed by atoms with E-state index in [0.29, 0.717) is 12.3 Å². The van der Waals surface area contributed by atoms with E-state index in [1.54, 1.807) is 13.3 Å². The largest absolute Gasteiger partial charge is 0.496 e. The number of ether oxygens (including phenoxy) is 2. The number of rotatable bonds is 8. The monoisotopic (exact) mass is 379 g/mol. The molecular formula is C18H22ClN3O2S. The van der Waals surface area contributed by atoms with Gasteiger partial charge in [-0.15, -0.1) is 12.4 Å². The average molecular weight is 380 g/mol. The maximum atomic E-state index is 5.81. The number of nitrogens with zero attached hydrogens (tertiary/aromatic N) is 2. The minimum atomic E-state index is 0. The second kappa shape index (κ2) is 9.53. The van der Waals surface area contributed by atoms with Crippen LogP contribution in [0.5, 0.6) is 11.5 Å². The molecule has 2 aromatic heterocycles. The fourth-order valence-electron chi connectivity index (χ4n) is 2.42. The highest BCUT2D eigenvalue weighted by Crippen LogP contribution is 2.32. The van der Waals surface area contributed by atoms with Crippen LogP contribution in [0.3, 0.4) is 0 Å². The van der Waals surface area contributed by atoms with Crippen molar-refractivity contribution in [3.63, 3.8) is 0 Å². The smallest absolute Gasteiger partial charge is 0.178 e. The number of hydrogen-bond acceptors (Lipinski definition) is 5. The molecule has 1 N–H and O–H groups in total. The number of H-pyrrole nitrogens is 1. The van der Waals surface area contributed by atoms with Crippen LogP contribution in [0.2, 0.25) is 0 Å². The van der Waals surface area contributed by atoms with Crippen molar-refractivity contribution in [3.05, 3.63) is 36.5 Å². The standard InChI is InChI=1S/C18H21N3O2S.ClH/c1-3-24-11-5-10-23-13-7-8-14(16(12-13)22-2)17-20-15-6-4-9-19-18(15)21-17;/h4,6-9,12H,3,5,10-11H2,1-2H3,(H,19,20,21);1H. The van der Waals surface area contributed by atoms with Crippen molar-refractivity contribution in [1.82, 2.24) is 15.0 Å². The zero-order valence-electron chi connectivity index (χ0n) is 14.3. The lowest BCUT2D eigenvalue weighted by molar-refractivity contribution is 0.316. The van der Waals surface area contributed by atoms with Crippen LogP contribution in [0, 0.1) is 0 Å². The van der Waals surface area contributed by atoms with Gasteiger partial charge in [0.15, 0.2) is 5.65 Å². The van der Waals surface area contributed by atoms with E-state index >= 15 is 0 Å². The van der Waals surface area contributed by atoms with E-state index in [1.807, 2.05) is 42.1 Å². The van der Waals surface area contributed by atoms with E-state index in [-0.39, 0.29) is 12.4 Å². The molecule has 0 bridgehead atoms. The normalized spacial score (nSPS) is 10.5. The Morgan fingerprint density at radius 2 is 2.12 bits per heavy atom. The van der Waals surface area contributed by atoms with Crippen molar-refractivity contribution in [2.75, 3.05) is 25.2 Å². The first-order chi connectivity index (χ1) is 11.8. The number of halogens is 1. The van der Waals surface area contributed by atoms with Crippen LogP contribution in [0.15, 0.2) is 36.5 Å². The summed E-state index contributed by atoms with van der Waals surface area (Å²) in [7, 11) is 1.65. The molecule has 0 radical (unpaired) electrons. The molecule has 2 heterocycles. The van der Waals surface area contributed by atoms with Crippen LogP contribution in [-0.2, 0) is 0 Å². The van der Waals surface area contributed by atoms with Gasteiger partial charge >= 0.3 is 0 Å². The van der Waals surface area contributed by atoms with Gasteiger partial charge in [-0.3, -0.25) is 0 Å². The molecule has 0 amide bonds. The number of aromatic amines is 1. The molecule has 0 aliphatic rings. The molecule has 3 aromatic rings. The topological polar surface area (TPSA) is 60.0 Å². The van der Waals surface area contributed by atoms with E-state index in [4.69, 9.17) is 9.47 Å². The van der Waals surface area contributed by atoms with Gasteiger partial charge in [0.25, 0.3) is 0 Å². The molecule has 0 aliphatic heterocycles. The van der Waals surface area contributed by atoms with Crippen LogP contribution in [0.25, 0.3) is 22.6 Å². The SMILES string of the molecule is CCSCCCOc1ccc(-c2nc3ncccc3[nH]2)c(OC)c1.Cl. The summed E-state index contributed by atoms with van der Waals surface area (Å²) < 4.78 is 11.3. The van der Waals surface area contributed by atoms with E-state index < -0.39 is 0 Å². The second-order valence-electron chi connectivity index (χ2n) is 5.22. The van der Waals surface area contributed by atoms with Crippen LogP contribution in [0.1, 0.15) is 13.3 Å². The van der Waals surface area contributed by atoms with Crippen LogP contribution < -0.4 is 9.47 Å². The van der Waals surface area contributed by atoms with Crippen molar-refractivity contribution in [2.24, 2.45) is 0 Å². The Kier molecular flexibility index (Phi) is 7.40. The molecule has 0 unspecified atom stereocenters.